The van der Waals surface area contributed by atoms with Gasteiger partial charge >= 0.3 is 0 Å². The Morgan fingerprint density at radius 2 is 1.93 bits per heavy atom. The summed E-state index contributed by atoms with van der Waals surface area (Å²) in [6.45, 7) is 4.40. The second kappa shape index (κ2) is 5.86. The van der Waals surface area contributed by atoms with Gasteiger partial charge in [-0.25, -0.2) is 0 Å². The van der Waals surface area contributed by atoms with E-state index >= 15 is 0 Å². The molecular weight excluding hydrogens is 186 g/mol. The Morgan fingerprint density at radius 3 is 2.60 bits per heavy atom. The van der Waals surface area contributed by atoms with Crippen molar-refractivity contribution < 1.29 is 4.74 Å². The van der Waals surface area contributed by atoms with Crippen molar-refractivity contribution in [2.45, 2.75) is 64.0 Å². The number of nitrogens with one attached hydrogen (secondary N) is 1. The zero-order valence-electron chi connectivity index (χ0n) is 10.0. The van der Waals surface area contributed by atoms with Crippen LogP contribution in [0.25, 0.3) is 0 Å². The third-order valence-electron chi connectivity index (χ3n) is 4.05. The molecule has 0 radical (unpaired) electrons. The van der Waals surface area contributed by atoms with Crippen molar-refractivity contribution in [2.75, 3.05) is 13.2 Å². The van der Waals surface area contributed by atoms with Gasteiger partial charge in [-0.1, -0.05) is 19.3 Å². The minimum atomic E-state index is 0.496. The smallest absolute Gasteiger partial charge is 0.0700 e. The van der Waals surface area contributed by atoms with E-state index in [0.29, 0.717) is 12.1 Å². The molecule has 0 aromatic carbocycles. The summed E-state index contributed by atoms with van der Waals surface area (Å²) in [6, 6.07) is 0.689. The Labute approximate surface area is 93.8 Å². The van der Waals surface area contributed by atoms with E-state index in [4.69, 9.17) is 4.74 Å². The van der Waals surface area contributed by atoms with Crippen LogP contribution in [0.3, 0.4) is 0 Å². The third kappa shape index (κ3) is 3.46. The predicted molar refractivity (Wildman–Crippen MR) is 63.0 cm³/mol. The Balaban J connectivity index is 1.64. The summed E-state index contributed by atoms with van der Waals surface area (Å²) in [5, 5.41) is 3.67. The van der Waals surface area contributed by atoms with Gasteiger partial charge in [0, 0.05) is 19.2 Å². The largest absolute Gasteiger partial charge is 0.377 e. The van der Waals surface area contributed by atoms with Crippen LogP contribution in [0.5, 0.6) is 0 Å². The highest BCUT2D eigenvalue weighted by atomic mass is 16.5. The molecular formula is C13H25NO. The first-order valence-electron chi connectivity index (χ1n) is 6.71. The minimum Gasteiger partial charge on any atom is -0.377 e. The van der Waals surface area contributed by atoms with Crippen LogP contribution in [0, 0.1) is 5.92 Å². The first-order chi connectivity index (χ1) is 7.36. The maximum Gasteiger partial charge on any atom is 0.0700 e. The fourth-order valence-corrected chi connectivity index (χ4v) is 2.92. The summed E-state index contributed by atoms with van der Waals surface area (Å²) in [5.41, 5.74) is 0. The summed E-state index contributed by atoms with van der Waals surface area (Å²) >= 11 is 0. The molecule has 1 unspecified atom stereocenters. The van der Waals surface area contributed by atoms with Crippen LogP contribution in [0.4, 0.5) is 0 Å². The SMILES string of the molecule is C[C@@H](NCC1CCCO1)C1CCCCC1. The first kappa shape index (κ1) is 11.4. The first-order valence-corrected chi connectivity index (χ1v) is 6.71. The molecule has 1 N–H and O–H groups in total. The highest BCUT2D eigenvalue weighted by Crippen LogP contribution is 2.26. The average molecular weight is 211 g/mol. The molecule has 0 spiro atoms. The lowest BCUT2D eigenvalue weighted by atomic mass is 9.84. The van der Waals surface area contributed by atoms with Gasteiger partial charge in [0.05, 0.1) is 6.10 Å². The maximum atomic E-state index is 5.63. The van der Waals surface area contributed by atoms with Crippen LogP contribution < -0.4 is 5.32 Å². The van der Waals surface area contributed by atoms with Gasteiger partial charge in [0.2, 0.25) is 0 Å². The standard InChI is InChI=1S/C13H25NO/c1-11(12-6-3-2-4-7-12)14-10-13-8-5-9-15-13/h11-14H,2-10H2,1H3/t11-,13?/m1/s1. The Kier molecular flexibility index (Phi) is 4.45. The fraction of sp³-hybridized carbons (Fsp3) is 1.00. The van der Waals surface area contributed by atoms with Crippen molar-refractivity contribution in [1.29, 1.82) is 0 Å². The van der Waals surface area contributed by atoms with Gasteiger partial charge in [0.15, 0.2) is 0 Å². The highest BCUT2D eigenvalue weighted by molar-refractivity contribution is 4.78. The molecule has 1 heterocycles. The zero-order chi connectivity index (χ0) is 10.5. The zero-order valence-corrected chi connectivity index (χ0v) is 10.0. The highest BCUT2D eigenvalue weighted by Gasteiger charge is 2.21. The predicted octanol–water partition coefficient (Wildman–Crippen LogP) is 2.72. The van der Waals surface area contributed by atoms with Gasteiger partial charge < -0.3 is 10.1 Å². The van der Waals surface area contributed by atoms with Crippen LogP contribution >= 0.6 is 0 Å². The summed E-state index contributed by atoms with van der Waals surface area (Å²) in [6.07, 6.45) is 10.2. The second-order valence-electron chi connectivity index (χ2n) is 5.23. The van der Waals surface area contributed by atoms with Gasteiger partial charge in [0.1, 0.15) is 0 Å². The lowest BCUT2D eigenvalue weighted by Gasteiger charge is -2.29. The van der Waals surface area contributed by atoms with E-state index in [0.717, 1.165) is 19.1 Å². The monoisotopic (exact) mass is 211 g/mol. The summed E-state index contributed by atoms with van der Waals surface area (Å²) in [5.74, 6) is 0.917. The molecule has 0 bridgehead atoms. The average Bonchev–Trinajstić information content (AvgIpc) is 2.80. The lowest BCUT2D eigenvalue weighted by molar-refractivity contribution is 0.104. The molecule has 15 heavy (non-hydrogen) atoms. The summed E-state index contributed by atoms with van der Waals surface area (Å²) in [4.78, 5) is 0. The number of rotatable bonds is 4. The molecule has 2 rings (SSSR count). The van der Waals surface area contributed by atoms with E-state index in [-0.39, 0.29) is 0 Å². The lowest BCUT2D eigenvalue weighted by Crippen LogP contribution is -2.39. The summed E-state index contributed by atoms with van der Waals surface area (Å²) < 4.78 is 5.63. The van der Waals surface area contributed by atoms with Gasteiger partial charge in [-0.15, -0.1) is 0 Å². The molecule has 1 saturated carbocycles. The molecule has 2 aliphatic rings. The third-order valence-corrected chi connectivity index (χ3v) is 4.05. The van der Waals surface area contributed by atoms with E-state index in [9.17, 15) is 0 Å². The molecule has 88 valence electrons. The number of hydrogen-bond donors (Lipinski definition) is 1. The van der Waals surface area contributed by atoms with Crippen LogP contribution in [-0.4, -0.2) is 25.3 Å². The van der Waals surface area contributed by atoms with Crippen molar-refractivity contribution in [3.8, 4) is 0 Å². The van der Waals surface area contributed by atoms with E-state index in [2.05, 4.69) is 12.2 Å². The molecule has 1 saturated heterocycles. The van der Waals surface area contributed by atoms with Gasteiger partial charge in [0.25, 0.3) is 0 Å². The van der Waals surface area contributed by atoms with Crippen molar-refractivity contribution in [1.82, 2.24) is 5.32 Å². The van der Waals surface area contributed by atoms with Crippen LogP contribution in [-0.2, 0) is 4.74 Å². The molecule has 0 aromatic heterocycles. The molecule has 2 heteroatoms. The molecule has 0 aromatic rings. The van der Waals surface area contributed by atoms with E-state index in [1.54, 1.807) is 0 Å². The number of hydrogen-bond acceptors (Lipinski definition) is 2. The molecule has 0 amide bonds. The topological polar surface area (TPSA) is 21.3 Å². The molecule has 2 fully saturated rings. The fourth-order valence-electron chi connectivity index (χ4n) is 2.92. The summed E-state index contributed by atoms with van der Waals surface area (Å²) in [7, 11) is 0. The second-order valence-corrected chi connectivity index (χ2v) is 5.23. The van der Waals surface area contributed by atoms with Crippen LogP contribution in [0.1, 0.15) is 51.9 Å². The van der Waals surface area contributed by atoms with Crippen LogP contribution in [0.2, 0.25) is 0 Å². The quantitative estimate of drug-likeness (QED) is 0.772. The maximum absolute atomic E-state index is 5.63. The van der Waals surface area contributed by atoms with Crippen molar-refractivity contribution in [3.63, 3.8) is 0 Å². The molecule has 2 nitrogen and oxygen atoms in total. The number of ether oxygens (including phenoxy) is 1. The minimum absolute atomic E-state index is 0.496. The molecule has 2 atom stereocenters. The van der Waals surface area contributed by atoms with Gasteiger partial charge in [-0.3, -0.25) is 0 Å². The van der Waals surface area contributed by atoms with Crippen LogP contribution in [0.15, 0.2) is 0 Å². The van der Waals surface area contributed by atoms with Crippen molar-refractivity contribution in [3.05, 3.63) is 0 Å². The molecule has 1 aliphatic carbocycles. The molecule has 1 aliphatic heterocycles. The normalized spacial score (nSPS) is 30.6. The van der Waals surface area contributed by atoms with Gasteiger partial charge in [-0.2, -0.15) is 0 Å². The van der Waals surface area contributed by atoms with E-state index in [1.807, 2.05) is 0 Å². The Morgan fingerprint density at radius 1 is 1.13 bits per heavy atom. The Bertz CT molecular complexity index is 171. The van der Waals surface area contributed by atoms with E-state index < -0.39 is 0 Å². The van der Waals surface area contributed by atoms with Crippen molar-refractivity contribution >= 4 is 0 Å². The van der Waals surface area contributed by atoms with Gasteiger partial charge in [-0.05, 0) is 38.5 Å². The Hall–Kier alpha value is -0.0800. The van der Waals surface area contributed by atoms with Crippen molar-refractivity contribution in [2.24, 2.45) is 5.92 Å². The van der Waals surface area contributed by atoms with E-state index in [1.165, 1.54) is 44.9 Å².